The highest BCUT2D eigenvalue weighted by atomic mass is 19.1. The van der Waals surface area contributed by atoms with Crippen molar-refractivity contribution in [3.8, 4) is 5.75 Å². The molecular weight excluding hydrogens is 233 g/mol. The van der Waals surface area contributed by atoms with Crippen LogP contribution in [0.5, 0.6) is 5.75 Å². The van der Waals surface area contributed by atoms with Gasteiger partial charge in [-0.25, -0.2) is 4.39 Å². The molecule has 0 heterocycles. The highest BCUT2D eigenvalue weighted by Crippen LogP contribution is 2.27. The van der Waals surface area contributed by atoms with Crippen molar-refractivity contribution in [3.05, 3.63) is 29.6 Å². The molecule has 3 nitrogen and oxygen atoms in total. The van der Waals surface area contributed by atoms with Gasteiger partial charge in [0.05, 0.1) is 19.3 Å². The largest absolute Gasteiger partial charge is 0.494 e. The van der Waals surface area contributed by atoms with E-state index in [1.165, 1.54) is 7.11 Å². The summed E-state index contributed by atoms with van der Waals surface area (Å²) in [6.07, 6.45) is -0.100. The third-order valence-corrected chi connectivity index (χ3v) is 2.87. The number of hydrogen-bond donors (Lipinski definition) is 1. The van der Waals surface area contributed by atoms with E-state index < -0.39 is 0 Å². The molecule has 1 rings (SSSR count). The zero-order valence-corrected chi connectivity index (χ0v) is 11.5. The Bertz CT molecular complexity index is 371. The van der Waals surface area contributed by atoms with Gasteiger partial charge in [0, 0.05) is 12.2 Å². The topological polar surface area (TPSA) is 30.5 Å². The number of halogens is 1. The third kappa shape index (κ3) is 3.43. The number of rotatable bonds is 7. The van der Waals surface area contributed by atoms with E-state index in [9.17, 15) is 4.39 Å². The second kappa shape index (κ2) is 7.34. The molecule has 0 aliphatic rings. The van der Waals surface area contributed by atoms with Crippen molar-refractivity contribution in [2.45, 2.75) is 32.9 Å². The van der Waals surface area contributed by atoms with Gasteiger partial charge in [-0.1, -0.05) is 19.1 Å². The Morgan fingerprint density at radius 1 is 1.33 bits per heavy atom. The second-order valence-corrected chi connectivity index (χ2v) is 4.06. The van der Waals surface area contributed by atoms with Gasteiger partial charge in [0.1, 0.15) is 0 Å². The summed E-state index contributed by atoms with van der Waals surface area (Å²) in [6, 6.07) is 5.00. The number of likely N-dealkylation sites (N-methyl/N-ethyl adjacent to an activating group) is 1. The quantitative estimate of drug-likeness (QED) is 0.812. The van der Waals surface area contributed by atoms with Crippen molar-refractivity contribution in [2.75, 3.05) is 20.3 Å². The van der Waals surface area contributed by atoms with Gasteiger partial charge in [0.25, 0.3) is 0 Å². The molecule has 0 saturated heterocycles. The van der Waals surface area contributed by atoms with E-state index in [-0.39, 0.29) is 23.7 Å². The fraction of sp³-hybridized carbons (Fsp3) is 0.571. The lowest BCUT2D eigenvalue weighted by atomic mass is 10.0. The standard InChI is InChI=1S/C14H22FNO2/c1-5-16-14(10(3)18-6-2)11-8-7-9-12(17-4)13(11)15/h7-10,14,16H,5-6H2,1-4H3. The Balaban J connectivity index is 3.05. The van der Waals surface area contributed by atoms with E-state index in [1.807, 2.05) is 20.8 Å². The van der Waals surface area contributed by atoms with Crippen molar-refractivity contribution in [1.82, 2.24) is 5.32 Å². The van der Waals surface area contributed by atoms with E-state index in [0.717, 1.165) is 6.54 Å². The van der Waals surface area contributed by atoms with E-state index >= 15 is 0 Å². The van der Waals surface area contributed by atoms with Crippen LogP contribution in [-0.2, 0) is 4.74 Å². The first-order valence-corrected chi connectivity index (χ1v) is 6.33. The number of nitrogens with one attached hydrogen (secondary N) is 1. The van der Waals surface area contributed by atoms with Crippen LogP contribution in [-0.4, -0.2) is 26.4 Å². The molecule has 1 aromatic rings. The Morgan fingerprint density at radius 3 is 2.61 bits per heavy atom. The minimum absolute atomic E-state index is 0.100. The van der Waals surface area contributed by atoms with E-state index in [4.69, 9.17) is 9.47 Å². The van der Waals surface area contributed by atoms with Crippen LogP contribution in [0.1, 0.15) is 32.4 Å². The van der Waals surface area contributed by atoms with Crippen LogP contribution in [0.4, 0.5) is 4.39 Å². The summed E-state index contributed by atoms with van der Waals surface area (Å²) in [4.78, 5) is 0. The molecule has 0 bridgehead atoms. The van der Waals surface area contributed by atoms with Gasteiger partial charge in [-0.2, -0.15) is 0 Å². The normalized spacial score (nSPS) is 14.3. The zero-order chi connectivity index (χ0) is 13.5. The molecule has 0 saturated carbocycles. The van der Waals surface area contributed by atoms with Crippen LogP contribution in [0.2, 0.25) is 0 Å². The lowest BCUT2D eigenvalue weighted by Gasteiger charge is -2.25. The fourth-order valence-corrected chi connectivity index (χ4v) is 2.03. The van der Waals surface area contributed by atoms with Gasteiger partial charge < -0.3 is 14.8 Å². The summed E-state index contributed by atoms with van der Waals surface area (Å²) < 4.78 is 24.8. The first-order valence-electron chi connectivity index (χ1n) is 6.33. The SMILES string of the molecule is CCNC(c1cccc(OC)c1F)C(C)OCC. The smallest absolute Gasteiger partial charge is 0.169 e. The average molecular weight is 255 g/mol. The molecule has 0 amide bonds. The average Bonchev–Trinajstić information content (AvgIpc) is 2.37. The highest BCUT2D eigenvalue weighted by molar-refractivity contribution is 5.33. The van der Waals surface area contributed by atoms with Crippen LogP contribution in [0.15, 0.2) is 18.2 Å². The third-order valence-electron chi connectivity index (χ3n) is 2.87. The molecule has 0 spiro atoms. The van der Waals surface area contributed by atoms with Gasteiger partial charge >= 0.3 is 0 Å². The summed E-state index contributed by atoms with van der Waals surface area (Å²) in [6.45, 7) is 7.22. The van der Waals surface area contributed by atoms with E-state index in [0.29, 0.717) is 12.2 Å². The minimum Gasteiger partial charge on any atom is -0.494 e. The summed E-state index contributed by atoms with van der Waals surface area (Å²) >= 11 is 0. The maximum Gasteiger partial charge on any atom is 0.169 e. The van der Waals surface area contributed by atoms with Gasteiger partial charge in [-0.05, 0) is 26.5 Å². The first-order chi connectivity index (χ1) is 8.65. The molecule has 1 aromatic carbocycles. The van der Waals surface area contributed by atoms with Crippen LogP contribution in [0.3, 0.4) is 0 Å². The number of methoxy groups -OCH3 is 1. The Hall–Kier alpha value is -1.13. The molecule has 18 heavy (non-hydrogen) atoms. The summed E-state index contributed by atoms with van der Waals surface area (Å²) in [5, 5.41) is 3.26. The predicted molar refractivity (Wildman–Crippen MR) is 70.5 cm³/mol. The summed E-state index contributed by atoms with van der Waals surface area (Å²) in [7, 11) is 1.47. The Morgan fingerprint density at radius 2 is 2.06 bits per heavy atom. The van der Waals surface area contributed by atoms with E-state index in [2.05, 4.69) is 5.32 Å². The van der Waals surface area contributed by atoms with Gasteiger partial charge in [0.2, 0.25) is 0 Å². The predicted octanol–water partition coefficient (Wildman–Crippen LogP) is 2.91. The van der Waals surface area contributed by atoms with Gasteiger partial charge in [-0.3, -0.25) is 0 Å². The lowest BCUT2D eigenvalue weighted by molar-refractivity contribution is 0.0466. The molecular formula is C14H22FNO2. The molecule has 0 aliphatic carbocycles. The molecule has 0 aliphatic heterocycles. The molecule has 0 radical (unpaired) electrons. The second-order valence-electron chi connectivity index (χ2n) is 4.06. The van der Waals surface area contributed by atoms with Gasteiger partial charge in [0.15, 0.2) is 11.6 Å². The minimum atomic E-state index is -0.322. The Kier molecular flexibility index (Phi) is 6.09. The molecule has 102 valence electrons. The molecule has 4 heteroatoms. The van der Waals surface area contributed by atoms with Crippen molar-refractivity contribution < 1.29 is 13.9 Å². The van der Waals surface area contributed by atoms with Crippen molar-refractivity contribution in [2.24, 2.45) is 0 Å². The van der Waals surface area contributed by atoms with Gasteiger partial charge in [-0.15, -0.1) is 0 Å². The number of benzene rings is 1. The van der Waals surface area contributed by atoms with Crippen molar-refractivity contribution in [1.29, 1.82) is 0 Å². The molecule has 1 N–H and O–H groups in total. The van der Waals surface area contributed by atoms with Crippen molar-refractivity contribution in [3.63, 3.8) is 0 Å². The number of ether oxygens (including phenoxy) is 2. The lowest BCUT2D eigenvalue weighted by Crippen LogP contribution is -2.32. The van der Waals surface area contributed by atoms with Crippen LogP contribution < -0.4 is 10.1 Å². The molecule has 2 unspecified atom stereocenters. The van der Waals surface area contributed by atoms with Crippen LogP contribution >= 0.6 is 0 Å². The molecule has 2 atom stereocenters. The maximum atomic E-state index is 14.2. The zero-order valence-electron chi connectivity index (χ0n) is 11.5. The van der Waals surface area contributed by atoms with Crippen LogP contribution in [0, 0.1) is 5.82 Å². The van der Waals surface area contributed by atoms with Crippen molar-refractivity contribution >= 4 is 0 Å². The Labute approximate surface area is 108 Å². The summed E-state index contributed by atoms with van der Waals surface area (Å²) in [5.74, 6) is -0.0587. The highest BCUT2D eigenvalue weighted by Gasteiger charge is 2.23. The first kappa shape index (κ1) is 14.9. The molecule has 0 aromatic heterocycles. The molecule has 0 fully saturated rings. The summed E-state index contributed by atoms with van der Waals surface area (Å²) in [5.41, 5.74) is 0.581. The monoisotopic (exact) mass is 255 g/mol. The fourth-order valence-electron chi connectivity index (χ4n) is 2.03. The maximum absolute atomic E-state index is 14.2. The van der Waals surface area contributed by atoms with E-state index in [1.54, 1.807) is 18.2 Å². The number of hydrogen-bond acceptors (Lipinski definition) is 3. The van der Waals surface area contributed by atoms with Crippen LogP contribution in [0.25, 0.3) is 0 Å².